The minimum absolute atomic E-state index is 0.134. The molecule has 4 aliphatic heterocycles. The number of nitrogens with two attached hydrogens (primary N) is 2. The summed E-state index contributed by atoms with van der Waals surface area (Å²) < 4.78 is 21.0. The quantitative estimate of drug-likeness (QED) is 0.360. The van der Waals surface area contributed by atoms with Crippen molar-refractivity contribution >= 4 is 45.4 Å². The van der Waals surface area contributed by atoms with Gasteiger partial charge in [-0.3, -0.25) is 9.69 Å². The van der Waals surface area contributed by atoms with Gasteiger partial charge in [-0.05, 0) is 50.8 Å². The van der Waals surface area contributed by atoms with E-state index < -0.39 is 6.17 Å². The second-order valence-corrected chi connectivity index (χ2v) is 14.6. The van der Waals surface area contributed by atoms with Crippen LogP contribution in [0.3, 0.4) is 0 Å². The predicted octanol–water partition coefficient (Wildman–Crippen LogP) is 3.54. The van der Waals surface area contributed by atoms with Crippen LogP contribution in [0.5, 0.6) is 6.01 Å². The number of hydrogen-bond acceptors (Lipinski definition) is 12. The number of pyridine rings is 1. The lowest BCUT2D eigenvalue weighted by Gasteiger charge is -2.50. The maximum atomic E-state index is 14.6. The van der Waals surface area contributed by atoms with Crippen LogP contribution >= 0.6 is 11.3 Å². The van der Waals surface area contributed by atoms with E-state index in [1.54, 1.807) is 6.20 Å². The summed E-state index contributed by atoms with van der Waals surface area (Å²) in [6.45, 7) is 5.24. The molecule has 0 bridgehead atoms. The largest absolute Gasteiger partial charge is 0.461 e. The maximum absolute atomic E-state index is 14.6. The number of rotatable bonds is 6. The number of aryl methyl sites for hydroxylation is 1. The molecule has 3 aromatic rings. The fourth-order valence-corrected chi connectivity index (χ4v) is 9.65. The summed E-state index contributed by atoms with van der Waals surface area (Å²) in [5.74, 6) is 1.40. The number of carbonyl (C=O) groups is 1. The van der Waals surface area contributed by atoms with E-state index in [1.165, 1.54) is 16.2 Å². The predicted molar refractivity (Wildman–Crippen MR) is 174 cm³/mol. The van der Waals surface area contributed by atoms with Crippen LogP contribution in [0, 0.1) is 11.3 Å². The molecule has 1 spiro atoms. The Morgan fingerprint density at radius 3 is 2.87 bits per heavy atom. The summed E-state index contributed by atoms with van der Waals surface area (Å²) in [6.07, 6.45) is 5.16. The molecule has 8 rings (SSSR count). The van der Waals surface area contributed by atoms with Crippen molar-refractivity contribution in [1.29, 1.82) is 5.26 Å². The fourth-order valence-electron chi connectivity index (χ4n) is 8.51. The number of nitrogen functional groups attached to an aromatic ring is 2. The molecule has 0 radical (unpaired) electrons. The minimum Gasteiger partial charge on any atom is -0.461 e. The number of thiophene rings is 1. The van der Waals surface area contributed by atoms with Crippen LogP contribution in [-0.2, 0) is 16.6 Å². The number of nitrogens with zero attached hydrogens (tertiary/aromatic N) is 7. The number of halogens is 1. The average molecular weight is 645 g/mol. The second kappa shape index (κ2) is 10.7. The van der Waals surface area contributed by atoms with Crippen molar-refractivity contribution in [3.8, 4) is 12.1 Å². The van der Waals surface area contributed by atoms with E-state index in [-0.39, 0.29) is 41.9 Å². The lowest BCUT2D eigenvalue weighted by molar-refractivity contribution is -0.116. The van der Waals surface area contributed by atoms with Crippen molar-refractivity contribution in [1.82, 2.24) is 19.9 Å². The zero-order valence-electron chi connectivity index (χ0n) is 25.8. The smallest absolute Gasteiger partial charge is 0.320 e. The molecule has 7 heterocycles. The molecule has 3 aromatic heterocycles. The first-order chi connectivity index (χ1) is 22.2. The first kappa shape index (κ1) is 29.2. The monoisotopic (exact) mass is 644 g/mol. The Hall–Kier alpha value is -4.22. The van der Waals surface area contributed by atoms with Gasteiger partial charge in [0.1, 0.15) is 35.4 Å². The summed E-state index contributed by atoms with van der Waals surface area (Å²) in [5, 5.41) is 13.6. The SMILES string of the molecule is CC(c1cccnc1N)N1CCC(=O)Nc2c(N3CC4(CCc5sc(N)c(C#N)c54)C3)nc(OC[C@@]34CCCN3C[C@H](F)C4)nc21. The Labute approximate surface area is 270 Å². The first-order valence-electron chi connectivity index (χ1n) is 16.0. The lowest BCUT2D eigenvalue weighted by atomic mass is 9.74. The van der Waals surface area contributed by atoms with Crippen molar-refractivity contribution in [2.45, 2.75) is 68.6 Å². The summed E-state index contributed by atoms with van der Waals surface area (Å²) in [4.78, 5) is 34.9. The van der Waals surface area contributed by atoms with E-state index in [9.17, 15) is 14.4 Å². The van der Waals surface area contributed by atoms with Crippen LogP contribution in [0.4, 0.5) is 32.5 Å². The highest BCUT2D eigenvalue weighted by atomic mass is 32.1. The van der Waals surface area contributed by atoms with Crippen molar-refractivity contribution < 1.29 is 13.9 Å². The van der Waals surface area contributed by atoms with Crippen molar-refractivity contribution in [3.63, 3.8) is 0 Å². The van der Waals surface area contributed by atoms with Gasteiger partial charge in [-0.25, -0.2) is 9.37 Å². The van der Waals surface area contributed by atoms with Gasteiger partial charge in [-0.2, -0.15) is 15.2 Å². The molecular formula is C32H37FN10O2S. The molecule has 14 heteroatoms. The summed E-state index contributed by atoms with van der Waals surface area (Å²) in [7, 11) is 0. The molecule has 46 heavy (non-hydrogen) atoms. The van der Waals surface area contributed by atoms with E-state index in [1.807, 2.05) is 19.1 Å². The molecule has 12 nitrogen and oxygen atoms in total. The Balaban J connectivity index is 1.19. The molecule has 1 aliphatic carbocycles. The molecule has 3 saturated heterocycles. The number of ether oxygens (including phenoxy) is 1. The van der Waals surface area contributed by atoms with Crippen LogP contribution in [-0.4, -0.2) is 76.8 Å². The van der Waals surface area contributed by atoms with Crippen molar-refractivity contribution in [3.05, 3.63) is 39.9 Å². The van der Waals surface area contributed by atoms with E-state index in [0.717, 1.165) is 43.4 Å². The zero-order chi connectivity index (χ0) is 31.8. The Bertz CT molecular complexity index is 1770. The standard InChI is InChI=1S/C32H37FN10O2S/c1-18(20-4-2-9-37-26(20)35)43-11-6-23(44)38-25-28(41-15-31(16-41)8-5-22-24(31)21(13-34)27(36)46-22)39-30(40-29(25)43)45-17-32-7-3-10-42(32)14-19(33)12-32/h2,4,9,18-19H,3,5-8,10-12,14-17,36H2,1H3,(H2,35,37)(H,38,44)/t18?,19-,32+/m1/s1. The van der Waals surface area contributed by atoms with Gasteiger partial charge >= 0.3 is 6.01 Å². The number of nitrogens with one attached hydrogen (secondary N) is 1. The lowest BCUT2D eigenvalue weighted by Crippen LogP contribution is -2.59. The van der Waals surface area contributed by atoms with E-state index in [0.29, 0.717) is 66.3 Å². The molecule has 1 unspecified atom stereocenters. The maximum Gasteiger partial charge on any atom is 0.320 e. The van der Waals surface area contributed by atoms with Gasteiger partial charge < -0.3 is 31.3 Å². The molecule has 3 fully saturated rings. The van der Waals surface area contributed by atoms with Crippen LogP contribution in [0.15, 0.2) is 18.3 Å². The van der Waals surface area contributed by atoms with Gasteiger partial charge in [-0.15, -0.1) is 11.3 Å². The normalized spacial score (nSPS) is 25.3. The average Bonchev–Trinajstić information content (AvgIpc) is 3.71. The highest BCUT2D eigenvalue weighted by Gasteiger charge is 2.53. The van der Waals surface area contributed by atoms with Gasteiger partial charge in [-0.1, -0.05) is 6.07 Å². The molecule has 0 saturated carbocycles. The third-order valence-electron chi connectivity index (χ3n) is 10.8. The number of anilines is 5. The molecule has 240 valence electrons. The van der Waals surface area contributed by atoms with E-state index in [4.69, 9.17) is 26.2 Å². The molecule has 5 aliphatic rings. The highest BCUT2D eigenvalue weighted by Crippen LogP contribution is 2.54. The number of fused-ring (bicyclic) bond motifs is 4. The number of carbonyl (C=O) groups excluding carboxylic acids is 1. The zero-order valence-corrected chi connectivity index (χ0v) is 26.6. The Kier molecular flexibility index (Phi) is 6.77. The summed E-state index contributed by atoms with van der Waals surface area (Å²) in [6, 6.07) is 6.06. The van der Waals surface area contributed by atoms with Crippen molar-refractivity contribution in [2.75, 3.05) is 65.9 Å². The van der Waals surface area contributed by atoms with Crippen LogP contribution < -0.4 is 31.3 Å². The first-order valence-corrected chi connectivity index (χ1v) is 16.8. The van der Waals surface area contributed by atoms with E-state index in [2.05, 4.69) is 31.1 Å². The topological polar surface area (TPSA) is 163 Å². The Morgan fingerprint density at radius 1 is 1.24 bits per heavy atom. The minimum atomic E-state index is -0.873. The number of aromatic nitrogens is 3. The number of nitriles is 1. The molecule has 3 atom stereocenters. The van der Waals surface area contributed by atoms with Gasteiger partial charge in [0.25, 0.3) is 0 Å². The van der Waals surface area contributed by atoms with Gasteiger partial charge in [0.2, 0.25) is 5.91 Å². The Morgan fingerprint density at radius 2 is 2.07 bits per heavy atom. The summed E-state index contributed by atoms with van der Waals surface area (Å²) in [5.41, 5.74) is 15.0. The van der Waals surface area contributed by atoms with E-state index >= 15 is 0 Å². The number of hydrogen-bond donors (Lipinski definition) is 3. The molecule has 1 amide bonds. The molecule has 5 N–H and O–H groups in total. The van der Waals surface area contributed by atoms with Crippen molar-refractivity contribution in [2.24, 2.45) is 0 Å². The number of alkyl halides is 1. The fraction of sp³-hybridized carbons (Fsp3) is 0.531. The third-order valence-corrected chi connectivity index (χ3v) is 11.8. The van der Waals surface area contributed by atoms with Crippen LogP contribution in [0.2, 0.25) is 0 Å². The van der Waals surface area contributed by atoms with Gasteiger partial charge in [0.15, 0.2) is 11.6 Å². The number of amides is 1. The van der Waals surface area contributed by atoms with Crippen LogP contribution in [0.1, 0.15) is 66.6 Å². The highest BCUT2D eigenvalue weighted by molar-refractivity contribution is 7.16. The molecular weight excluding hydrogens is 607 g/mol. The second-order valence-electron chi connectivity index (χ2n) is 13.4. The summed E-state index contributed by atoms with van der Waals surface area (Å²) >= 11 is 1.51. The van der Waals surface area contributed by atoms with Crippen LogP contribution in [0.25, 0.3) is 0 Å². The molecule has 0 aromatic carbocycles. The van der Waals surface area contributed by atoms with Gasteiger partial charge in [0, 0.05) is 61.1 Å². The van der Waals surface area contributed by atoms with Gasteiger partial charge in [0.05, 0.1) is 17.1 Å². The third kappa shape index (κ3) is 4.46.